The van der Waals surface area contributed by atoms with Crippen LogP contribution in [0.4, 0.5) is 0 Å². The van der Waals surface area contributed by atoms with E-state index < -0.39 is 0 Å². The van der Waals surface area contributed by atoms with Crippen molar-refractivity contribution in [1.82, 2.24) is 4.90 Å². The normalized spacial score (nSPS) is 21.5. The molecular weight excluding hydrogens is 184 g/mol. The summed E-state index contributed by atoms with van der Waals surface area (Å²) in [6.45, 7) is 9.24. The Balaban J connectivity index is 2.39. The Hall–Kier alpha value is -0.550. The Bertz CT molecular complexity index is 209. The molecule has 0 aromatic carbocycles. The van der Waals surface area contributed by atoms with Gasteiger partial charge in [-0.15, -0.1) is 0 Å². The van der Waals surface area contributed by atoms with Gasteiger partial charge in [0.05, 0.1) is 12.5 Å². The zero-order valence-corrected chi connectivity index (χ0v) is 10.4. The Labute approximate surface area is 94.3 Å². The fourth-order valence-electron chi connectivity index (χ4n) is 2.59. The molecule has 1 unspecified atom stereocenters. The molecule has 2 nitrogen and oxygen atoms in total. The zero-order chi connectivity index (χ0) is 11.3. The van der Waals surface area contributed by atoms with Gasteiger partial charge >= 0.3 is 0 Å². The van der Waals surface area contributed by atoms with E-state index in [-0.39, 0.29) is 0 Å². The number of hydrogen-bond donors (Lipinski definition) is 0. The lowest BCUT2D eigenvalue weighted by Crippen LogP contribution is -2.41. The van der Waals surface area contributed by atoms with Gasteiger partial charge in [0.25, 0.3) is 0 Å². The van der Waals surface area contributed by atoms with Crippen LogP contribution in [0.3, 0.4) is 0 Å². The van der Waals surface area contributed by atoms with Crippen LogP contribution in [0, 0.1) is 23.2 Å². The molecular formula is C13H24N2. The van der Waals surface area contributed by atoms with Crippen LogP contribution < -0.4 is 0 Å². The van der Waals surface area contributed by atoms with E-state index in [1.54, 1.807) is 0 Å². The molecule has 0 saturated carbocycles. The summed E-state index contributed by atoms with van der Waals surface area (Å²) in [4.78, 5) is 2.52. The number of nitriles is 1. The van der Waals surface area contributed by atoms with Gasteiger partial charge in [0.1, 0.15) is 0 Å². The van der Waals surface area contributed by atoms with Crippen molar-refractivity contribution in [2.45, 2.75) is 52.5 Å². The minimum absolute atomic E-state index is 0.503. The van der Waals surface area contributed by atoms with E-state index in [1.807, 2.05) is 0 Å². The minimum atomic E-state index is 0.503. The molecule has 0 amide bonds. The highest BCUT2D eigenvalue weighted by molar-refractivity contribution is 4.85. The SMILES string of the molecule is CCC(CC#N)N1CCC(C(C)C)CC1. The fraction of sp³-hybridized carbons (Fsp3) is 0.923. The maximum atomic E-state index is 8.76. The Morgan fingerprint density at radius 3 is 2.33 bits per heavy atom. The molecule has 1 rings (SSSR count). The van der Waals surface area contributed by atoms with Gasteiger partial charge in [-0.2, -0.15) is 5.26 Å². The molecule has 15 heavy (non-hydrogen) atoms. The van der Waals surface area contributed by atoms with Crippen LogP contribution in [0.25, 0.3) is 0 Å². The van der Waals surface area contributed by atoms with Gasteiger partial charge < -0.3 is 0 Å². The van der Waals surface area contributed by atoms with Crippen molar-refractivity contribution in [3.8, 4) is 6.07 Å². The minimum Gasteiger partial charge on any atom is -0.299 e. The lowest BCUT2D eigenvalue weighted by molar-refractivity contribution is 0.113. The Morgan fingerprint density at radius 2 is 1.93 bits per heavy atom. The molecule has 1 fully saturated rings. The van der Waals surface area contributed by atoms with Gasteiger partial charge in [-0.1, -0.05) is 20.8 Å². The van der Waals surface area contributed by atoms with E-state index >= 15 is 0 Å². The number of likely N-dealkylation sites (tertiary alicyclic amines) is 1. The highest BCUT2D eigenvalue weighted by atomic mass is 15.2. The largest absolute Gasteiger partial charge is 0.299 e. The first-order chi connectivity index (χ1) is 7.19. The summed E-state index contributed by atoms with van der Waals surface area (Å²) in [5.41, 5.74) is 0. The molecule has 0 spiro atoms. The Kier molecular flexibility index (Phi) is 5.11. The molecule has 1 heterocycles. The van der Waals surface area contributed by atoms with Crippen LogP contribution in [-0.2, 0) is 0 Å². The molecule has 0 aromatic heterocycles. The molecule has 86 valence electrons. The predicted octanol–water partition coefficient (Wildman–Crippen LogP) is 3.05. The molecule has 0 aromatic rings. The van der Waals surface area contributed by atoms with Crippen molar-refractivity contribution >= 4 is 0 Å². The second-order valence-corrected chi connectivity index (χ2v) is 5.04. The molecule has 0 radical (unpaired) electrons. The van der Waals surface area contributed by atoms with E-state index in [4.69, 9.17) is 5.26 Å². The Morgan fingerprint density at radius 1 is 1.33 bits per heavy atom. The number of nitrogens with zero attached hydrogens (tertiary/aromatic N) is 2. The highest BCUT2D eigenvalue weighted by Gasteiger charge is 2.25. The predicted molar refractivity (Wildman–Crippen MR) is 63.4 cm³/mol. The van der Waals surface area contributed by atoms with Gasteiger partial charge in [-0.25, -0.2) is 0 Å². The first kappa shape index (κ1) is 12.5. The highest BCUT2D eigenvalue weighted by Crippen LogP contribution is 2.26. The van der Waals surface area contributed by atoms with Crippen molar-refractivity contribution < 1.29 is 0 Å². The first-order valence-electron chi connectivity index (χ1n) is 6.30. The smallest absolute Gasteiger partial charge is 0.0638 e. The van der Waals surface area contributed by atoms with Gasteiger partial charge in [0.15, 0.2) is 0 Å². The average Bonchev–Trinajstić information content (AvgIpc) is 2.26. The third kappa shape index (κ3) is 3.50. The summed E-state index contributed by atoms with van der Waals surface area (Å²) in [5, 5.41) is 8.76. The van der Waals surface area contributed by atoms with Gasteiger partial charge in [-0.05, 0) is 44.2 Å². The van der Waals surface area contributed by atoms with E-state index in [2.05, 4.69) is 31.7 Å². The van der Waals surface area contributed by atoms with Gasteiger partial charge in [-0.3, -0.25) is 4.90 Å². The monoisotopic (exact) mass is 208 g/mol. The molecule has 1 saturated heterocycles. The zero-order valence-electron chi connectivity index (χ0n) is 10.4. The van der Waals surface area contributed by atoms with E-state index in [1.165, 1.54) is 25.9 Å². The van der Waals surface area contributed by atoms with Crippen molar-refractivity contribution in [2.24, 2.45) is 11.8 Å². The second kappa shape index (κ2) is 6.12. The second-order valence-electron chi connectivity index (χ2n) is 5.04. The summed E-state index contributed by atoms with van der Waals surface area (Å²) < 4.78 is 0. The van der Waals surface area contributed by atoms with Gasteiger partial charge in [0.2, 0.25) is 0 Å². The lowest BCUT2D eigenvalue weighted by atomic mass is 9.86. The molecule has 1 atom stereocenters. The summed E-state index contributed by atoms with van der Waals surface area (Å²) in [7, 11) is 0. The van der Waals surface area contributed by atoms with Crippen LogP contribution in [0.1, 0.15) is 46.5 Å². The third-order valence-corrected chi connectivity index (χ3v) is 3.83. The average molecular weight is 208 g/mol. The van der Waals surface area contributed by atoms with Crippen LogP contribution in [0.2, 0.25) is 0 Å². The lowest BCUT2D eigenvalue weighted by Gasteiger charge is -2.37. The molecule has 2 heteroatoms. The van der Waals surface area contributed by atoms with Crippen molar-refractivity contribution in [2.75, 3.05) is 13.1 Å². The van der Waals surface area contributed by atoms with Crippen LogP contribution in [-0.4, -0.2) is 24.0 Å². The van der Waals surface area contributed by atoms with Crippen molar-refractivity contribution in [3.63, 3.8) is 0 Å². The number of rotatable bonds is 4. The molecule has 1 aliphatic heterocycles. The quantitative estimate of drug-likeness (QED) is 0.710. The van der Waals surface area contributed by atoms with E-state index in [0.29, 0.717) is 12.5 Å². The summed E-state index contributed by atoms with van der Waals surface area (Å²) in [6, 6.07) is 2.81. The van der Waals surface area contributed by atoms with E-state index in [0.717, 1.165) is 18.3 Å². The van der Waals surface area contributed by atoms with Gasteiger partial charge in [0, 0.05) is 6.04 Å². The number of piperidine rings is 1. The molecule has 0 N–H and O–H groups in total. The summed E-state index contributed by atoms with van der Waals surface area (Å²) in [6.07, 6.45) is 4.45. The third-order valence-electron chi connectivity index (χ3n) is 3.83. The molecule has 0 aliphatic carbocycles. The standard InChI is InChI=1S/C13H24N2/c1-4-13(5-8-14)15-9-6-12(7-10-15)11(2)3/h11-13H,4-7,9-10H2,1-3H3. The maximum absolute atomic E-state index is 8.76. The fourth-order valence-corrected chi connectivity index (χ4v) is 2.59. The number of hydrogen-bond acceptors (Lipinski definition) is 2. The molecule has 1 aliphatic rings. The summed E-state index contributed by atoms with van der Waals surface area (Å²) in [5.74, 6) is 1.73. The van der Waals surface area contributed by atoms with Crippen LogP contribution >= 0.6 is 0 Å². The summed E-state index contributed by atoms with van der Waals surface area (Å²) >= 11 is 0. The molecule has 0 bridgehead atoms. The first-order valence-corrected chi connectivity index (χ1v) is 6.30. The van der Waals surface area contributed by atoms with E-state index in [9.17, 15) is 0 Å². The van der Waals surface area contributed by atoms with Crippen LogP contribution in [0.5, 0.6) is 0 Å². The van der Waals surface area contributed by atoms with Crippen molar-refractivity contribution in [3.05, 3.63) is 0 Å². The topological polar surface area (TPSA) is 27.0 Å². The maximum Gasteiger partial charge on any atom is 0.0638 e. The van der Waals surface area contributed by atoms with Crippen LogP contribution in [0.15, 0.2) is 0 Å². The van der Waals surface area contributed by atoms with Crippen molar-refractivity contribution in [1.29, 1.82) is 5.26 Å².